The number of carbonyl (C=O) groups is 2. The topological polar surface area (TPSA) is 138 Å². The van der Waals surface area contributed by atoms with Gasteiger partial charge >= 0.3 is 6.09 Å². The zero-order valence-corrected chi connectivity index (χ0v) is 17.7. The van der Waals surface area contributed by atoms with Gasteiger partial charge in [0.15, 0.2) is 0 Å². The molecule has 1 aliphatic rings. The molecule has 164 valence electrons. The van der Waals surface area contributed by atoms with E-state index in [1.54, 1.807) is 48.5 Å². The summed E-state index contributed by atoms with van der Waals surface area (Å²) in [5.74, 6) is 0.145. The van der Waals surface area contributed by atoms with Gasteiger partial charge in [0, 0.05) is 16.8 Å². The minimum absolute atomic E-state index is 0.0239. The van der Waals surface area contributed by atoms with Crippen LogP contribution in [0.5, 0.6) is 5.75 Å². The number of aliphatic imine (C=N–C) groups is 1. The molecule has 2 aromatic carbocycles. The van der Waals surface area contributed by atoms with Crippen LogP contribution in [0.2, 0.25) is 0 Å². The van der Waals surface area contributed by atoms with Crippen LogP contribution in [0.15, 0.2) is 53.5 Å². The highest BCUT2D eigenvalue weighted by molar-refractivity contribution is 7.85. The molecule has 10 nitrogen and oxygen atoms in total. The van der Waals surface area contributed by atoms with Gasteiger partial charge in [-0.25, -0.2) is 4.79 Å². The summed E-state index contributed by atoms with van der Waals surface area (Å²) in [5, 5.41) is 0. The molecule has 2 amide bonds. The summed E-state index contributed by atoms with van der Waals surface area (Å²) in [4.78, 5) is 29.6. The molecule has 0 bridgehead atoms. The first-order chi connectivity index (χ1) is 14.7. The highest BCUT2D eigenvalue weighted by atomic mass is 32.2. The van der Waals surface area contributed by atoms with Crippen LogP contribution in [0.25, 0.3) is 0 Å². The average Bonchev–Trinajstić information content (AvgIpc) is 3.12. The van der Waals surface area contributed by atoms with Gasteiger partial charge in [-0.1, -0.05) is 0 Å². The summed E-state index contributed by atoms with van der Waals surface area (Å²) in [6, 6.07) is 12.9. The Morgan fingerprint density at radius 3 is 2.35 bits per heavy atom. The normalized spacial score (nSPS) is 16.8. The number of nitrogens with zero attached hydrogens (tertiary/aromatic N) is 2. The minimum Gasteiger partial charge on any atom is -0.497 e. The van der Waals surface area contributed by atoms with Gasteiger partial charge in [0.1, 0.15) is 24.3 Å². The van der Waals surface area contributed by atoms with Gasteiger partial charge in [-0.05, 0) is 48.5 Å². The van der Waals surface area contributed by atoms with Gasteiger partial charge in [-0.3, -0.25) is 13.9 Å². The number of anilines is 1. The van der Waals surface area contributed by atoms with Crippen LogP contribution in [0.3, 0.4) is 0 Å². The molecule has 2 aromatic rings. The maximum absolute atomic E-state index is 12.3. The van der Waals surface area contributed by atoms with Crippen molar-refractivity contribution in [3.05, 3.63) is 59.7 Å². The zero-order valence-electron chi connectivity index (χ0n) is 16.8. The fourth-order valence-electron chi connectivity index (χ4n) is 2.80. The molecular weight excluding hydrogens is 426 g/mol. The molecular formula is C20H21N3O7S. The number of methoxy groups -OCH3 is 1. The maximum atomic E-state index is 12.3. The monoisotopic (exact) mass is 447 g/mol. The second-order valence-corrected chi connectivity index (χ2v) is 8.33. The summed E-state index contributed by atoms with van der Waals surface area (Å²) in [5.41, 5.74) is 7.33. The van der Waals surface area contributed by atoms with Crippen molar-refractivity contribution in [2.75, 3.05) is 31.4 Å². The third kappa shape index (κ3) is 5.80. The summed E-state index contributed by atoms with van der Waals surface area (Å²) in [6.45, 7) is -0.126. The first-order valence-corrected chi connectivity index (χ1v) is 10.9. The first kappa shape index (κ1) is 22.2. The van der Waals surface area contributed by atoms with Gasteiger partial charge in [-0.2, -0.15) is 13.4 Å². The number of carbonyl (C=O) groups excluding carboxylic acids is 2. The lowest BCUT2D eigenvalue weighted by atomic mass is 10.1. The van der Waals surface area contributed by atoms with Gasteiger partial charge in [0.05, 0.1) is 19.9 Å². The van der Waals surface area contributed by atoms with Crippen LogP contribution in [0.1, 0.15) is 15.9 Å². The number of amides is 2. The Balaban J connectivity index is 1.67. The largest absolute Gasteiger partial charge is 0.497 e. The highest BCUT2D eigenvalue weighted by Crippen LogP contribution is 2.22. The van der Waals surface area contributed by atoms with E-state index in [0.717, 1.165) is 6.26 Å². The van der Waals surface area contributed by atoms with E-state index in [0.29, 0.717) is 22.6 Å². The third-order valence-corrected chi connectivity index (χ3v) is 4.94. The number of hydrogen-bond acceptors (Lipinski definition) is 7. The molecule has 1 aliphatic heterocycles. The second-order valence-electron chi connectivity index (χ2n) is 6.68. The Morgan fingerprint density at radius 1 is 1.16 bits per heavy atom. The molecule has 0 unspecified atom stereocenters. The van der Waals surface area contributed by atoms with E-state index >= 15 is 0 Å². The molecule has 11 heteroatoms. The Kier molecular flexibility index (Phi) is 6.56. The second kappa shape index (κ2) is 9.14. The van der Waals surface area contributed by atoms with Crippen molar-refractivity contribution in [2.24, 2.45) is 10.7 Å². The summed E-state index contributed by atoms with van der Waals surface area (Å²) >= 11 is 0. The van der Waals surface area contributed by atoms with Crippen molar-refractivity contribution in [3.8, 4) is 5.75 Å². The predicted octanol–water partition coefficient (Wildman–Crippen LogP) is 1.54. The number of ether oxygens (including phenoxy) is 2. The van der Waals surface area contributed by atoms with Gasteiger partial charge in [-0.15, -0.1) is 0 Å². The summed E-state index contributed by atoms with van der Waals surface area (Å²) in [7, 11) is -2.10. The van der Waals surface area contributed by atoms with E-state index in [1.807, 2.05) is 0 Å². The highest BCUT2D eigenvalue weighted by Gasteiger charge is 2.33. The fourth-order valence-corrected chi connectivity index (χ4v) is 3.20. The molecule has 0 aromatic heterocycles. The first-order valence-electron chi connectivity index (χ1n) is 9.12. The summed E-state index contributed by atoms with van der Waals surface area (Å²) < 4.78 is 37.0. The van der Waals surface area contributed by atoms with Gasteiger partial charge in [0.2, 0.25) is 0 Å². The lowest BCUT2D eigenvalue weighted by Gasteiger charge is -2.13. The molecule has 0 radical (unpaired) electrons. The average molecular weight is 447 g/mol. The standard InChI is InChI=1S/C20H21N3O7S/c1-28-16-9-5-14(6-10-16)19(24)22-18(21)13-3-7-15(8-4-13)23-11-17(30-20(23)25)12-29-31(2,26)27/h3-10,17H,11-12H2,1-2H3,(H2,21,22,24)/t17-/m1/s1. The maximum Gasteiger partial charge on any atom is 0.414 e. The van der Waals surface area contributed by atoms with Gasteiger partial charge < -0.3 is 15.2 Å². The molecule has 1 saturated heterocycles. The SMILES string of the molecule is COc1ccc(C(=O)N=C(N)c2ccc(N3C[C@H](COS(C)(=O)=O)OC3=O)cc2)cc1. The van der Waals surface area contributed by atoms with E-state index in [1.165, 1.54) is 12.0 Å². The van der Waals surface area contributed by atoms with Crippen LogP contribution < -0.4 is 15.4 Å². The lowest BCUT2D eigenvalue weighted by molar-refractivity contribution is 0.100. The smallest absolute Gasteiger partial charge is 0.414 e. The van der Waals surface area contributed by atoms with Crippen molar-refractivity contribution >= 4 is 33.6 Å². The van der Waals surface area contributed by atoms with Crippen molar-refractivity contribution in [1.29, 1.82) is 0 Å². The van der Waals surface area contributed by atoms with Crippen molar-refractivity contribution in [2.45, 2.75) is 6.10 Å². The summed E-state index contributed by atoms with van der Waals surface area (Å²) in [6.07, 6.45) is -0.409. The third-order valence-electron chi connectivity index (χ3n) is 4.38. The Morgan fingerprint density at radius 2 is 1.77 bits per heavy atom. The Labute approximate surface area is 179 Å². The predicted molar refractivity (Wildman–Crippen MR) is 113 cm³/mol. The van der Waals surface area contributed by atoms with Crippen molar-refractivity contribution < 1.29 is 31.7 Å². The molecule has 0 saturated carbocycles. The van der Waals surface area contributed by atoms with E-state index in [9.17, 15) is 18.0 Å². The van der Waals surface area contributed by atoms with Crippen LogP contribution >= 0.6 is 0 Å². The zero-order chi connectivity index (χ0) is 22.6. The molecule has 2 N–H and O–H groups in total. The number of hydrogen-bond donors (Lipinski definition) is 1. The Bertz CT molecular complexity index is 1100. The van der Waals surface area contributed by atoms with Crippen LogP contribution in [0, 0.1) is 0 Å². The van der Waals surface area contributed by atoms with Crippen LogP contribution in [0.4, 0.5) is 10.5 Å². The number of rotatable bonds is 7. The fraction of sp³-hybridized carbons (Fsp3) is 0.250. The quantitative estimate of drug-likeness (QED) is 0.383. The number of benzene rings is 2. The minimum atomic E-state index is -3.63. The van der Waals surface area contributed by atoms with Crippen LogP contribution in [-0.2, 0) is 19.0 Å². The van der Waals surface area contributed by atoms with E-state index in [-0.39, 0.29) is 19.0 Å². The molecule has 3 rings (SSSR count). The lowest BCUT2D eigenvalue weighted by Crippen LogP contribution is -2.26. The Hall–Kier alpha value is -3.44. The van der Waals surface area contributed by atoms with E-state index in [4.69, 9.17) is 15.2 Å². The number of cyclic esters (lactones) is 1. The van der Waals surface area contributed by atoms with Crippen LogP contribution in [-0.4, -0.2) is 58.9 Å². The molecule has 0 aliphatic carbocycles. The molecule has 1 fully saturated rings. The molecule has 0 spiro atoms. The van der Waals surface area contributed by atoms with Gasteiger partial charge in [0.25, 0.3) is 16.0 Å². The molecule has 1 atom stereocenters. The molecule has 1 heterocycles. The van der Waals surface area contributed by atoms with E-state index < -0.39 is 28.2 Å². The number of nitrogens with two attached hydrogens (primary N) is 1. The van der Waals surface area contributed by atoms with Crippen molar-refractivity contribution in [3.63, 3.8) is 0 Å². The number of amidine groups is 1. The molecule has 31 heavy (non-hydrogen) atoms. The van der Waals surface area contributed by atoms with E-state index in [2.05, 4.69) is 9.18 Å². The van der Waals surface area contributed by atoms with Crippen molar-refractivity contribution in [1.82, 2.24) is 0 Å².